The predicted molar refractivity (Wildman–Crippen MR) is 103 cm³/mol. The Morgan fingerprint density at radius 1 is 1.35 bits per heavy atom. The third-order valence-corrected chi connectivity index (χ3v) is 5.80. The molecule has 0 aromatic heterocycles. The van der Waals surface area contributed by atoms with E-state index in [0.717, 1.165) is 25.8 Å². The third kappa shape index (κ3) is 3.96. The van der Waals surface area contributed by atoms with E-state index >= 15 is 0 Å². The number of amides is 2. The van der Waals surface area contributed by atoms with Crippen molar-refractivity contribution in [3.63, 3.8) is 0 Å². The van der Waals surface area contributed by atoms with E-state index in [9.17, 15) is 4.79 Å². The standard InChI is InChI=1S/C20H31N3O3/c1-4-17-14-22(2)18-8-6-5-7-16(18)13-23(17)19(24)21-15-20(25-3)9-11-26-12-10-20/h5-8,17H,4,9-15H2,1-3H3,(H,21,24). The largest absolute Gasteiger partial charge is 0.381 e. The van der Waals surface area contributed by atoms with Crippen LogP contribution in [-0.2, 0) is 16.0 Å². The smallest absolute Gasteiger partial charge is 0.318 e. The molecule has 3 rings (SSSR count). The molecule has 0 spiro atoms. The van der Waals surface area contributed by atoms with Crippen molar-refractivity contribution in [3.8, 4) is 0 Å². The maximum absolute atomic E-state index is 13.0. The van der Waals surface area contributed by atoms with Gasteiger partial charge < -0.3 is 24.6 Å². The maximum atomic E-state index is 13.0. The summed E-state index contributed by atoms with van der Waals surface area (Å²) in [6, 6.07) is 8.51. The van der Waals surface area contributed by atoms with Crippen molar-refractivity contribution in [1.82, 2.24) is 10.2 Å². The highest BCUT2D eigenvalue weighted by molar-refractivity contribution is 5.75. The molecule has 1 aromatic rings. The molecule has 1 saturated heterocycles. The zero-order valence-electron chi connectivity index (χ0n) is 16.2. The lowest BCUT2D eigenvalue weighted by Crippen LogP contribution is -2.53. The molecule has 0 aliphatic carbocycles. The van der Waals surface area contributed by atoms with E-state index in [0.29, 0.717) is 26.3 Å². The highest BCUT2D eigenvalue weighted by Crippen LogP contribution is 2.28. The van der Waals surface area contributed by atoms with Crippen LogP contribution >= 0.6 is 0 Å². The van der Waals surface area contributed by atoms with Crippen LogP contribution in [0.5, 0.6) is 0 Å². The minimum absolute atomic E-state index is 0.00938. The van der Waals surface area contributed by atoms with Crippen molar-refractivity contribution >= 4 is 11.7 Å². The number of ether oxygens (including phenoxy) is 2. The summed E-state index contributed by atoms with van der Waals surface area (Å²) in [5, 5.41) is 3.14. The van der Waals surface area contributed by atoms with Gasteiger partial charge in [-0.05, 0) is 18.1 Å². The molecule has 2 aliphatic rings. The Morgan fingerprint density at radius 3 is 2.77 bits per heavy atom. The van der Waals surface area contributed by atoms with E-state index in [-0.39, 0.29) is 17.7 Å². The second kappa shape index (κ2) is 8.27. The Hall–Kier alpha value is -1.79. The summed E-state index contributed by atoms with van der Waals surface area (Å²) >= 11 is 0. The van der Waals surface area contributed by atoms with Crippen LogP contribution in [0.2, 0.25) is 0 Å². The van der Waals surface area contributed by atoms with Crippen LogP contribution in [0.1, 0.15) is 31.7 Å². The molecule has 2 aliphatic heterocycles. The SMILES string of the molecule is CCC1CN(C)c2ccccc2CN1C(=O)NCC1(OC)CCOCC1. The van der Waals surface area contributed by atoms with E-state index in [1.54, 1.807) is 7.11 Å². The average molecular weight is 361 g/mol. The number of carbonyl (C=O) groups excluding carboxylic acids is 1. The van der Waals surface area contributed by atoms with Crippen LogP contribution in [0.25, 0.3) is 0 Å². The second-order valence-corrected chi connectivity index (χ2v) is 7.36. The van der Waals surface area contributed by atoms with Gasteiger partial charge in [0.1, 0.15) is 0 Å². The zero-order chi connectivity index (χ0) is 18.6. The van der Waals surface area contributed by atoms with Gasteiger partial charge in [-0.15, -0.1) is 0 Å². The monoisotopic (exact) mass is 361 g/mol. The number of urea groups is 1. The molecular weight excluding hydrogens is 330 g/mol. The molecule has 0 radical (unpaired) electrons. The normalized spacial score (nSPS) is 22.5. The molecule has 1 aromatic carbocycles. The van der Waals surface area contributed by atoms with E-state index < -0.39 is 0 Å². The van der Waals surface area contributed by atoms with Crippen molar-refractivity contribution in [2.45, 2.75) is 44.4 Å². The quantitative estimate of drug-likeness (QED) is 0.896. The summed E-state index contributed by atoms with van der Waals surface area (Å²) in [7, 11) is 3.83. The summed E-state index contributed by atoms with van der Waals surface area (Å²) in [5.74, 6) is 0. The van der Waals surface area contributed by atoms with Gasteiger partial charge in [0.2, 0.25) is 0 Å². The van der Waals surface area contributed by atoms with Crippen molar-refractivity contribution < 1.29 is 14.3 Å². The first kappa shape index (κ1) is 19.0. The minimum atomic E-state index is -0.309. The molecule has 0 bridgehead atoms. The van der Waals surface area contributed by atoms with Crippen LogP contribution in [-0.4, -0.2) is 63.0 Å². The number of likely N-dealkylation sites (N-methyl/N-ethyl adjacent to an activating group) is 1. The van der Waals surface area contributed by atoms with Crippen molar-refractivity contribution in [2.75, 3.05) is 45.4 Å². The summed E-state index contributed by atoms with van der Waals surface area (Å²) in [6.07, 6.45) is 2.55. The topological polar surface area (TPSA) is 54.0 Å². The Labute approximate surface area is 156 Å². The van der Waals surface area contributed by atoms with E-state index in [4.69, 9.17) is 9.47 Å². The van der Waals surface area contributed by atoms with Gasteiger partial charge in [-0.3, -0.25) is 0 Å². The first-order valence-electron chi connectivity index (χ1n) is 9.55. The van der Waals surface area contributed by atoms with Gasteiger partial charge in [0.25, 0.3) is 0 Å². The third-order valence-electron chi connectivity index (χ3n) is 5.80. The first-order chi connectivity index (χ1) is 12.6. The fourth-order valence-electron chi connectivity index (χ4n) is 3.96. The Bertz CT molecular complexity index is 616. The second-order valence-electron chi connectivity index (χ2n) is 7.36. The number of benzene rings is 1. The number of rotatable bonds is 4. The molecule has 2 heterocycles. The number of para-hydroxylation sites is 1. The number of carbonyl (C=O) groups is 1. The lowest BCUT2D eigenvalue weighted by molar-refractivity contribution is -0.0865. The average Bonchev–Trinajstić information content (AvgIpc) is 2.83. The number of nitrogens with zero attached hydrogens (tertiary/aromatic N) is 2. The highest BCUT2D eigenvalue weighted by atomic mass is 16.5. The lowest BCUT2D eigenvalue weighted by Gasteiger charge is -2.37. The number of methoxy groups -OCH3 is 1. The molecule has 144 valence electrons. The van der Waals surface area contributed by atoms with Gasteiger partial charge in [-0.2, -0.15) is 0 Å². The molecule has 1 atom stereocenters. The van der Waals surface area contributed by atoms with Crippen molar-refractivity contribution in [3.05, 3.63) is 29.8 Å². The summed E-state index contributed by atoms with van der Waals surface area (Å²) in [5.41, 5.74) is 2.09. The molecule has 26 heavy (non-hydrogen) atoms. The fraction of sp³-hybridized carbons (Fsp3) is 0.650. The number of anilines is 1. The number of nitrogens with one attached hydrogen (secondary N) is 1. The van der Waals surface area contributed by atoms with Gasteiger partial charge in [-0.25, -0.2) is 4.79 Å². The van der Waals surface area contributed by atoms with Crippen LogP contribution in [0.4, 0.5) is 10.5 Å². The van der Waals surface area contributed by atoms with Crippen LogP contribution in [0, 0.1) is 0 Å². The molecule has 6 nitrogen and oxygen atoms in total. The van der Waals surface area contributed by atoms with Gasteiger partial charge in [-0.1, -0.05) is 25.1 Å². The first-order valence-corrected chi connectivity index (χ1v) is 9.55. The van der Waals surface area contributed by atoms with Gasteiger partial charge >= 0.3 is 6.03 Å². The summed E-state index contributed by atoms with van der Waals surface area (Å²) in [6.45, 7) is 5.50. The van der Waals surface area contributed by atoms with Crippen molar-refractivity contribution in [2.24, 2.45) is 0 Å². The van der Waals surface area contributed by atoms with Gasteiger partial charge in [0, 0.05) is 65.5 Å². The molecule has 2 amide bonds. The Kier molecular flexibility index (Phi) is 6.04. The van der Waals surface area contributed by atoms with E-state index in [1.165, 1.54) is 11.3 Å². The molecular formula is C20H31N3O3. The number of fused-ring (bicyclic) bond motifs is 1. The van der Waals surface area contributed by atoms with Gasteiger partial charge in [0.05, 0.1) is 11.6 Å². The van der Waals surface area contributed by atoms with Crippen molar-refractivity contribution in [1.29, 1.82) is 0 Å². The Balaban J connectivity index is 1.72. The molecule has 1 fully saturated rings. The molecule has 0 saturated carbocycles. The van der Waals surface area contributed by atoms with Crippen LogP contribution in [0.15, 0.2) is 24.3 Å². The zero-order valence-corrected chi connectivity index (χ0v) is 16.2. The predicted octanol–water partition coefficient (Wildman–Crippen LogP) is 2.62. The fourth-order valence-corrected chi connectivity index (χ4v) is 3.96. The van der Waals surface area contributed by atoms with Crippen LogP contribution < -0.4 is 10.2 Å². The van der Waals surface area contributed by atoms with E-state index in [1.807, 2.05) is 11.0 Å². The minimum Gasteiger partial charge on any atom is -0.381 e. The summed E-state index contributed by atoms with van der Waals surface area (Å²) < 4.78 is 11.2. The summed E-state index contributed by atoms with van der Waals surface area (Å²) in [4.78, 5) is 17.3. The molecule has 1 N–H and O–H groups in total. The maximum Gasteiger partial charge on any atom is 0.318 e. The van der Waals surface area contributed by atoms with Gasteiger partial charge in [0.15, 0.2) is 0 Å². The van der Waals surface area contributed by atoms with Crippen LogP contribution in [0.3, 0.4) is 0 Å². The molecule has 6 heteroatoms. The highest BCUT2D eigenvalue weighted by Gasteiger charge is 2.35. The van der Waals surface area contributed by atoms with E-state index in [2.05, 4.69) is 42.4 Å². The molecule has 1 unspecified atom stereocenters. The number of hydrogen-bond acceptors (Lipinski definition) is 4. The lowest BCUT2D eigenvalue weighted by atomic mass is 9.94. The number of hydrogen-bond donors (Lipinski definition) is 1. The Morgan fingerprint density at radius 2 is 2.08 bits per heavy atom.